The van der Waals surface area contributed by atoms with Crippen molar-refractivity contribution < 1.29 is 19.1 Å². The Labute approximate surface area is 165 Å². The van der Waals surface area contributed by atoms with Gasteiger partial charge < -0.3 is 15.4 Å². The molecule has 6 heteroatoms. The van der Waals surface area contributed by atoms with Gasteiger partial charge in [0.1, 0.15) is 0 Å². The van der Waals surface area contributed by atoms with Gasteiger partial charge in [-0.05, 0) is 37.5 Å². The number of benzene rings is 2. The summed E-state index contributed by atoms with van der Waals surface area (Å²) in [5.41, 5.74) is 4.54. The predicted octanol–water partition coefficient (Wildman–Crippen LogP) is 3.36. The third-order valence-electron chi connectivity index (χ3n) is 4.26. The lowest BCUT2D eigenvalue weighted by Gasteiger charge is -2.18. The number of ether oxygens (including phenoxy) is 1. The minimum atomic E-state index is -0.560. The van der Waals surface area contributed by atoms with Gasteiger partial charge in [0.15, 0.2) is 6.61 Å². The fraction of sp³-hybridized carbons (Fsp3) is 0.318. The van der Waals surface area contributed by atoms with Crippen molar-refractivity contribution in [2.75, 3.05) is 11.9 Å². The van der Waals surface area contributed by atoms with Crippen molar-refractivity contribution in [3.8, 4) is 0 Å². The topological polar surface area (TPSA) is 84.5 Å². The van der Waals surface area contributed by atoms with Crippen LogP contribution in [0.3, 0.4) is 0 Å². The van der Waals surface area contributed by atoms with E-state index in [1.54, 1.807) is 0 Å². The summed E-state index contributed by atoms with van der Waals surface area (Å²) < 4.78 is 5.11. The molecule has 0 aromatic heterocycles. The summed E-state index contributed by atoms with van der Waals surface area (Å²) in [5.74, 6) is -1.21. The number of hydrogen-bond acceptors (Lipinski definition) is 4. The molecule has 0 spiro atoms. The fourth-order valence-electron chi connectivity index (χ4n) is 3.11. The van der Waals surface area contributed by atoms with Crippen LogP contribution in [-0.4, -0.2) is 24.4 Å². The summed E-state index contributed by atoms with van der Waals surface area (Å²) in [6.07, 6.45) is -0.0561. The first kappa shape index (κ1) is 21.2. The minimum absolute atomic E-state index is 0.0561. The zero-order valence-electron chi connectivity index (χ0n) is 16.7. The van der Waals surface area contributed by atoms with E-state index in [9.17, 15) is 14.4 Å². The van der Waals surface area contributed by atoms with E-state index in [1.165, 1.54) is 6.92 Å². The van der Waals surface area contributed by atoms with Gasteiger partial charge in [-0.1, -0.05) is 48.0 Å². The molecular formula is C22H26N2O4. The van der Waals surface area contributed by atoms with Gasteiger partial charge in [0.25, 0.3) is 5.91 Å². The smallest absolute Gasteiger partial charge is 0.308 e. The number of esters is 1. The molecular weight excluding hydrogens is 356 g/mol. The molecule has 0 aliphatic rings. The maximum Gasteiger partial charge on any atom is 0.308 e. The van der Waals surface area contributed by atoms with Crippen molar-refractivity contribution >= 4 is 23.5 Å². The standard InChI is InChI=1S/C22H26N2O4/c1-14-10-15(2)22(16(3)11-14)24-20(26)13-28-21(27)12-19(23-17(4)25)18-8-6-5-7-9-18/h5-11,19H,12-13H2,1-4H3,(H,23,25)(H,24,26)/t19-/m1/s1. The van der Waals surface area contributed by atoms with Crippen LogP contribution in [0.5, 0.6) is 0 Å². The lowest BCUT2D eigenvalue weighted by molar-refractivity contribution is -0.148. The van der Waals surface area contributed by atoms with Crippen LogP contribution in [0.15, 0.2) is 42.5 Å². The molecule has 2 amide bonds. The van der Waals surface area contributed by atoms with E-state index >= 15 is 0 Å². The number of hydrogen-bond donors (Lipinski definition) is 2. The Morgan fingerprint density at radius 2 is 1.61 bits per heavy atom. The number of rotatable bonds is 7. The largest absolute Gasteiger partial charge is 0.455 e. The van der Waals surface area contributed by atoms with Gasteiger partial charge in [-0.25, -0.2) is 0 Å². The molecule has 0 saturated heterocycles. The molecule has 2 aromatic carbocycles. The summed E-state index contributed by atoms with van der Waals surface area (Å²) in [4.78, 5) is 35.8. The van der Waals surface area contributed by atoms with Gasteiger partial charge >= 0.3 is 5.97 Å². The molecule has 0 saturated carbocycles. The Kier molecular flexibility index (Phi) is 7.32. The minimum Gasteiger partial charge on any atom is -0.455 e. The van der Waals surface area contributed by atoms with Gasteiger partial charge in [-0.3, -0.25) is 14.4 Å². The van der Waals surface area contributed by atoms with Crippen LogP contribution in [0.4, 0.5) is 5.69 Å². The maximum atomic E-state index is 12.2. The Balaban J connectivity index is 1.93. The quantitative estimate of drug-likeness (QED) is 0.719. The SMILES string of the molecule is CC(=O)N[C@H](CC(=O)OCC(=O)Nc1c(C)cc(C)cc1C)c1ccccc1. The lowest BCUT2D eigenvalue weighted by Crippen LogP contribution is -2.29. The second kappa shape index (κ2) is 9.69. The first-order valence-electron chi connectivity index (χ1n) is 9.11. The molecule has 0 aliphatic heterocycles. The van der Waals surface area contributed by atoms with Gasteiger partial charge in [-0.15, -0.1) is 0 Å². The summed E-state index contributed by atoms with van der Waals surface area (Å²) in [7, 11) is 0. The molecule has 28 heavy (non-hydrogen) atoms. The average molecular weight is 382 g/mol. The second-order valence-corrected chi connectivity index (χ2v) is 6.85. The Morgan fingerprint density at radius 3 is 2.18 bits per heavy atom. The van der Waals surface area contributed by atoms with Crippen molar-refractivity contribution in [3.63, 3.8) is 0 Å². The molecule has 0 aliphatic carbocycles. The normalized spacial score (nSPS) is 11.4. The second-order valence-electron chi connectivity index (χ2n) is 6.85. The lowest BCUT2D eigenvalue weighted by atomic mass is 10.0. The molecule has 2 N–H and O–H groups in total. The Morgan fingerprint density at radius 1 is 1.00 bits per heavy atom. The molecule has 2 aromatic rings. The van der Waals surface area contributed by atoms with Gasteiger partial charge in [0, 0.05) is 12.6 Å². The van der Waals surface area contributed by atoms with Crippen molar-refractivity contribution in [3.05, 3.63) is 64.7 Å². The summed E-state index contributed by atoms with van der Waals surface area (Å²) >= 11 is 0. The molecule has 1 atom stereocenters. The molecule has 0 fully saturated rings. The third-order valence-corrected chi connectivity index (χ3v) is 4.26. The number of aryl methyl sites for hydroxylation is 3. The number of amides is 2. The maximum absolute atomic E-state index is 12.2. The summed E-state index contributed by atoms with van der Waals surface area (Å²) in [6.45, 7) is 6.83. The van der Waals surface area contributed by atoms with E-state index in [2.05, 4.69) is 10.6 Å². The van der Waals surface area contributed by atoms with Crippen LogP contribution in [0.2, 0.25) is 0 Å². The van der Waals surface area contributed by atoms with Crippen molar-refractivity contribution in [1.82, 2.24) is 5.32 Å². The highest BCUT2D eigenvalue weighted by Gasteiger charge is 2.19. The zero-order chi connectivity index (χ0) is 20.7. The van der Waals surface area contributed by atoms with Crippen molar-refractivity contribution in [1.29, 1.82) is 0 Å². The molecule has 2 rings (SSSR count). The molecule has 148 valence electrons. The highest BCUT2D eigenvalue weighted by Crippen LogP contribution is 2.22. The van der Waals surface area contributed by atoms with Crippen molar-refractivity contribution in [2.24, 2.45) is 0 Å². The summed E-state index contributed by atoms with van der Waals surface area (Å²) in [5, 5.41) is 5.53. The highest BCUT2D eigenvalue weighted by molar-refractivity contribution is 5.94. The van der Waals surface area contributed by atoms with Crippen LogP contribution < -0.4 is 10.6 Å². The summed E-state index contributed by atoms with van der Waals surface area (Å²) in [6, 6.07) is 12.6. The molecule has 6 nitrogen and oxygen atoms in total. The van der Waals surface area contributed by atoms with Crippen LogP contribution in [-0.2, 0) is 19.1 Å². The molecule has 0 radical (unpaired) electrons. The van der Waals surface area contributed by atoms with Crippen LogP contribution >= 0.6 is 0 Å². The van der Waals surface area contributed by atoms with Crippen molar-refractivity contribution in [2.45, 2.75) is 40.2 Å². The monoisotopic (exact) mass is 382 g/mol. The van der Waals surface area contributed by atoms with Gasteiger partial charge in [0.05, 0.1) is 12.5 Å². The third kappa shape index (κ3) is 6.23. The van der Waals surface area contributed by atoms with E-state index in [0.717, 1.165) is 27.9 Å². The van der Waals surface area contributed by atoms with Crippen LogP contribution in [0.25, 0.3) is 0 Å². The highest BCUT2D eigenvalue weighted by atomic mass is 16.5. The van der Waals surface area contributed by atoms with Gasteiger partial charge in [-0.2, -0.15) is 0 Å². The number of carbonyl (C=O) groups excluding carboxylic acids is 3. The van der Waals surface area contributed by atoms with E-state index < -0.39 is 17.9 Å². The Hall–Kier alpha value is -3.15. The van der Waals surface area contributed by atoms with E-state index in [-0.39, 0.29) is 18.9 Å². The number of anilines is 1. The first-order chi connectivity index (χ1) is 13.3. The number of carbonyl (C=O) groups is 3. The molecule has 0 bridgehead atoms. The van der Waals surface area contributed by atoms with E-state index in [1.807, 2.05) is 63.2 Å². The first-order valence-corrected chi connectivity index (χ1v) is 9.11. The van der Waals surface area contributed by atoms with E-state index in [4.69, 9.17) is 4.74 Å². The number of nitrogens with one attached hydrogen (secondary N) is 2. The van der Waals surface area contributed by atoms with E-state index in [0.29, 0.717) is 0 Å². The average Bonchev–Trinajstić information content (AvgIpc) is 2.63. The van der Waals surface area contributed by atoms with Crippen LogP contribution in [0.1, 0.15) is 41.6 Å². The van der Waals surface area contributed by atoms with Gasteiger partial charge in [0.2, 0.25) is 5.91 Å². The predicted molar refractivity (Wildman–Crippen MR) is 108 cm³/mol. The Bertz CT molecular complexity index is 839. The molecule has 0 unspecified atom stereocenters. The molecule has 0 heterocycles. The van der Waals surface area contributed by atoms with Crippen LogP contribution in [0, 0.1) is 20.8 Å². The fourth-order valence-corrected chi connectivity index (χ4v) is 3.11. The zero-order valence-corrected chi connectivity index (χ0v) is 16.7.